The molecule has 2 amide bonds. The maximum absolute atomic E-state index is 13.0. The average Bonchev–Trinajstić information content (AvgIpc) is 3.23. The molecule has 0 bridgehead atoms. The highest BCUT2D eigenvalue weighted by Gasteiger charge is 2.22. The Kier molecular flexibility index (Phi) is 8.03. The Morgan fingerprint density at radius 1 is 1.16 bits per heavy atom. The van der Waals surface area contributed by atoms with Gasteiger partial charge in [-0.05, 0) is 30.3 Å². The van der Waals surface area contributed by atoms with E-state index in [2.05, 4.69) is 26.1 Å². The lowest BCUT2D eigenvalue weighted by atomic mass is 10.1. The maximum atomic E-state index is 13.0. The number of carbonyl (C=O) groups excluding carboxylic acids is 2. The van der Waals surface area contributed by atoms with E-state index in [-0.39, 0.29) is 24.1 Å². The van der Waals surface area contributed by atoms with Crippen molar-refractivity contribution in [2.45, 2.75) is 20.4 Å². The SMILES string of the molecule is CC(=O)NCCNC(=C(/C)C(=O)N1CCOCC1)/C(=C\Cn1nnc2ccccc21)N=O. The van der Waals surface area contributed by atoms with E-state index < -0.39 is 0 Å². The fourth-order valence-corrected chi connectivity index (χ4v) is 3.36. The summed E-state index contributed by atoms with van der Waals surface area (Å²) >= 11 is 0. The number of amides is 2. The Morgan fingerprint density at radius 3 is 2.59 bits per heavy atom. The third kappa shape index (κ3) is 5.76. The molecule has 1 aromatic heterocycles. The van der Waals surface area contributed by atoms with Gasteiger partial charge in [0, 0.05) is 38.7 Å². The molecule has 32 heavy (non-hydrogen) atoms. The van der Waals surface area contributed by atoms with E-state index >= 15 is 0 Å². The molecule has 11 heteroatoms. The molecule has 1 aliphatic heterocycles. The van der Waals surface area contributed by atoms with Crippen molar-refractivity contribution >= 4 is 22.8 Å². The molecular weight excluding hydrogens is 414 g/mol. The second kappa shape index (κ2) is 11.1. The van der Waals surface area contributed by atoms with Crippen molar-refractivity contribution in [1.82, 2.24) is 30.5 Å². The van der Waals surface area contributed by atoms with Gasteiger partial charge in [0.25, 0.3) is 5.91 Å². The minimum Gasteiger partial charge on any atom is -0.381 e. The zero-order valence-corrected chi connectivity index (χ0v) is 18.2. The molecule has 2 aromatic rings. The number of para-hydroxylation sites is 1. The minimum absolute atomic E-state index is 0.0894. The van der Waals surface area contributed by atoms with Crippen LogP contribution in [0.15, 0.2) is 52.5 Å². The summed E-state index contributed by atoms with van der Waals surface area (Å²) in [4.78, 5) is 37.6. The number of nitroso groups, excluding NO2 is 1. The summed E-state index contributed by atoms with van der Waals surface area (Å²) in [6, 6.07) is 7.48. The zero-order valence-electron chi connectivity index (χ0n) is 18.2. The van der Waals surface area contributed by atoms with Gasteiger partial charge in [-0.3, -0.25) is 9.59 Å². The molecule has 170 valence electrons. The normalized spacial score (nSPS) is 15.3. The van der Waals surface area contributed by atoms with Crippen LogP contribution in [0.3, 0.4) is 0 Å². The molecule has 1 aliphatic rings. The molecule has 1 saturated heterocycles. The quantitative estimate of drug-likeness (QED) is 0.256. The predicted octanol–water partition coefficient (Wildman–Crippen LogP) is 0.940. The van der Waals surface area contributed by atoms with Crippen LogP contribution < -0.4 is 10.6 Å². The molecule has 1 aromatic carbocycles. The summed E-state index contributed by atoms with van der Waals surface area (Å²) in [6.07, 6.45) is 1.60. The molecule has 0 atom stereocenters. The van der Waals surface area contributed by atoms with E-state index in [1.54, 1.807) is 22.6 Å². The number of nitrogens with one attached hydrogen (secondary N) is 2. The molecule has 0 unspecified atom stereocenters. The number of aromatic nitrogens is 3. The van der Waals surface area contributed by atoms with Crippen molar-refractivity contribution < 1.29 is 14.3 Å². The first-order valence-electron chi connectivity index (χ1n) is 10.4. The van der Waals surface area contributed by atoms with E-state index in [9.17, 15) is 14.5 Å². The van der Waals surface area contributed by atoms with E-state index in [1.807, 2.05) is 24.3 Å². The summed E-state index contributed by atoms with van der Waals surface area (Å²) in [5.41, 5.74) is 2.34. The molecule has 0 spiro atoms. The molecule has 2 N–H and O–H groups in total. The molecule has 0 radical (unpaired) electrons. The number of morpholine rings is 1. The van der Waals surface area contributed by atoms with Crippen molar-refractivity contribution in [1.29, 1.82) is 0 Å². The lowest BCUT2D eigenvalue weighted by Gasteiger charge is -2.28. The van der Waals surface area contributed by atoms with Crippen molar-refractivity contribution in [3.8, 4) is 0 Å². The molecule has 3 rings (SSSR count). The summed E-state index contributed by atoms with van der Waals surface area (Å²) in [5.74, 6) is -0.364. The van der Waals surface area contributed by atoms with Gasteiger partial charge < -0.3 is 20.3 Å². The Labute approximate surface area is 185 Å². The van der Waals surface area contributed by atoms with Gasteiger partial charge in [0.2, 0.25) is 5.91 Å². The first-order chi connectivity index (χ1) is 15.5. The second-order valence-corrected chi connectivity index (χ2v) is 7.26. The van der Waals surface area contributed by atoms with Crippen LogP contribution in [0, 0.1) is 4.91 Å². The number of ether oxygens (including phenoxy) is 1. The third-order valence-electron chi connectivity index (χ3n) is 5.03. The summed E-state index contributed by atoms with van der Waals surface area (Å²) < 4.78 is 6.96. The number of rotatable bonds is 9. The van der Waals surface area contributed by atoms with Crippen LogP contribution in [-0.4, -0.2) is 71.1 Å². The first-order valence-corrected chi connectivity index (χ1v) is 10.4. The highest BCUT2D eigenvalue weighted by Crippen LogP contribution is 2.18. The highest BCUT2D eigenvalue weighted by molar-refractivity contribution is 5.94. The number of hydrogen-bond acceptors (Lipinski definition) is 8. The minimum atomic E-state index is -0.198. The number of fused-ring (bicyclic) bond motifs is 1. The number of hydrogen-bond donors (Lipinski definition) is 2. The van der Waals surface area contributed by atoms with Gasteiger partial charge in [-0.2, -0.15) is 0 Å². The zero-order chi connectivity index (χ0) is 22.9. The molecule has 0 saturated carbocycles. The molecule has 0 aliphatic carbocycles. The smallest absolute Gasteiger partial charge is 0.251 e. The van der Waals surface area contributed by atoms with E-state index in [4.69, 9.17) is 4.74 Å². The molecule has 11 nitrogen and oxygen atoms in total. The standard InChI is InChI=1S/C21H27N7O4/c1-15(21(30)27-11-13-32-14-12-27)20(23-9-8-22-16(2)29)18(25-31)7-10-28-19-6-4-3-5-17(19)24-26-28/h3-7,23H,8-14H2,1-2H3,(H,22,29)/b18-7+,20-15-. The number of nitrogens with zero attached hydrogens (tertiary/aromatic N) is 5. The molecular formula is C21H27N7O4. The van der Waals surface area contributed by atoms with Crippen LogP contribution >= 0.6 is 0 Å². The second-order valence-electron chi connectivity index (χ2n) is 7.26. The molecule has 1 fully saturated rings. The van der Waals surface area contributed by atoms with Gasteiger partial charge in [-0.15, -0.1) is 10.0 Å². The van der Waals surface area contributed by atoms with Crippen LogP contribution in [0.2, 0.25) is 0 Å². The average molecular weight is 441 g/mol. The van der Waals surface area contributed by atoms with Crippen molar-refractivity contribution in [3.63, 3.8) is 0 Å². The van der Waals surface area contributed by atoms with Gasteiger partial charge in [0.1, 0.15) is 11.2 Å². The fraction of sp³-hybridized carbons (Fsp3) is 0.429. The largest absolute Gasteiger partial charge is 0.381 e. The van der Waals surface area contributed by atoms with Crippen LogP contribution in [-0.2, 0) is 20.9 Å². The number of carbonyl (C=O) groups is 2. The van der Waals surface area contributed by atoms with Crippen LogP contribution in [0.5, 0.6) is 0 Å². The Hall–Kier alpha value is -3.60. The van der Waals surface area contributed by atoms with Gasteiger partial charge in [0.15, 0.2) is 0 Å². The van der Waals surface area contributed by atoms with E-state index in [0.29, 0.717) is 50.7 Å². The van der Waals surface area contributed by atoms with Gasteiger partial charge in [-0.25, -0.2) is 4.68 Å². The van der Waals surface area contributed by atoms with Crippen molar-refractivity contribution in [2.24, 2.45) is 5.18 Å². The molecule has 2 heterocycles. The summed E-state index contributed by atoms with van der Waals surface area (Å²) in [5, 5.41) is 17.2. The van der Waals surface area contributed by atoms with E-state index in [1.165, 1.54) is 6.92 Å². The van der Waals surface area contributed by atoms with Crippen LogP contribution in [0.1, 0.15) is 13.8 Å². The third-order valence-corrected chi connectivity index (χ3v) is 5.03. The lowest BCUT2D eigenvalue weighted by molar-refractivity contribution is -0.131. The monoisotopic (exact) mass is 441 g/mol. The van der Waals surface area contributed by atoms with E-state index in [0.717, 1.165) is 11.0 Å². The van der Waals surface area contributed by atoms with Gasteiger partial charge in [-0.1, -0.05) is 17.3 Å². The Morgan fingerprint density at radius 2 is 1.88 bits per heavy atom. The lowest BCUT2D eigenvalue weighted by Crippen LogP contribution is -2.42. The fourth-order valence-electron chi connectivity index (χ4n) is 3.36. The van der Waals surface area contributed by atoms with Crippen molar-refractivity contribution in [3.05, 3.63) is 52.2 Å². The first kappa shape index (κ1) is 23.1. The highest BCUT2D eigenvalue weighted by atomic mass is 16.5. The summed E-state index contributed by atoms with van der Waals surface area (Å²) in [6.45, 7) is 5.88. The van der Waals surface area contributed by atoms with Gasteiger partial charge >= 0.3 is 0 Å². The van der Waals surface area contributed by atoms with Gasteiger partial charge in [0.05, 0.1) is 31.0 Å². The number of allylic oxidation sites excluding steroid dienone is 1. The Balaban J connectivity index is 1.86. The van der Waals surface area contributed by atoms with Crippen molar-refractivity contribution in [2.75, 3.05) is 39.4 Å². The Bertz CT molecular complexity index is 1040. The van der Waals surface area contributed by atoms with Crippen LogP contribution in [0.4, 0.5) is 0 Å². The topological polar surface area (TPSA) is 131 Å². The number of benzene rings is 1. The maximum Gasteiger partial charge on any atom is 0.251 e. The summed E-state index contributed by atoms with van der Waals surface area (Å²) in [7, 11) is 0. The predicted molar refractivity (Wildman–Crippen MR) is 118 cm³/mol. The van der Waals surface area contributed by atoms with Crippen LogP contribution in [0.25, 0.3) is 11.0 Å².